The lowest BCUT2D eigenvalue weighted by Crippen LogP contribution is -2.02. The van der Waals surface area contributed by atoms with E-state index < -0.39 is 0 Å². The highest BCUT2D eigenvalue weighted by atomic mass is 79.9. The maximum atomic E-state index is 5.50. The number of fused-ring (bicyclic) bond motifs is 1. The number of hydrogen-bond donors (Lipinski definition) is 1. The Morgan fingerprint density at radius 2 is 2.00 bits per heavy atom. The van der Waals surface area contributed by atoms with Crippen LogP contribution in [0.1, 0.15) is 36.1 Å². The van der Waals surface area contributed by atoms with E-state index in [0.29, 0.717) is 0 Å². The van der Waals surface area contributed by atoms with Crippen molar-refractivity contribution in [2.75, 3.05) is 0 Å². The Balaban J connectivity index is 2.10. The molecule has 0 atom stereocenters. The van der Waals surface area contributed by atoms with Crippen molar-refractivity contribution in [2.24, 2.45) is 0 Å². The van der Waals surface area contributed by atoms with Crippen LogP contribution < -0.4 is 0 Å². The molecule has 0 saturated carbocycles. The monoisotopic (exact) mass is 348 g/mol. The maximum Gasteiger partial charge on any atom is 0.139 e. The zero-order chi connectivity index (χ0) is 14.1. The molecule has 4 heteroatoms. The van der Waals surface area contributed by atoms with Gasteiger partial charge in [-0.1, -0.05) is 46.7 Å². The Morgan fingerprint density at radius 3 is 2.80 bits per heavy atom. The van der Waals surface area contributed by atoms with E-state index in [1.54, 1.807) is 0 Å². The SMILES string of the molecule is Cc1ccc(-c2nc(=S)c3c([nH]2)CCCCC3)cc1Br. The van der Waals surface area contributed by atoms with E-state index in [1.165, 1.54) is 36.1 Å². The first-order valence-electron chi connectivity index (χ1n) is 7.04. The molecule has 2 aromatic rings. The van der Waals surface area contributed by atoms with Crippen LogP contribution in [0.5, 0.6) is 0 Å². The predicted octanol–water partition coefficient (Wildman–Crippen LogP) is 5.15. The first-order chi connectivity index (χ1) is 9.65. The van der Waals surface area contributed by atoms with Crippen molar-refractivity contribution in [3.05, 3.63) is 44.1 Å². The van der Waals surface area contributed by atoms with E-state index in [9.17, 15) is 0 Å². The molecule has 1 N–H and O–H groups in total. The van der Waals surface area contributed by atoms with Crippen LogP contribution >= 0.6 is 28.1 Å². The maximum absolute atomic E-state index is 5.50. The van der Waals surface area contributed by atoms with Gasteiger partial charge in [0.25, 0.3) is 0 Å². The normalized spacial score (nSPS) is 14.7. The summed E-state index contributed by atoms with van der Waals surface area (Å²) in [6.45, 7) is 2.08. The van der Waals surface area contributed by atoms with Crippen molar-refractivity contribution in [3.8, 4) is 11.4 Å². The lowest BCUT2D eigenvalue weighted by Gasteiger charge is -2.10. The fourth-order valence-electron chi connectivity index (χ4n) is 2.67. The molecule has 1 aliphatic carbocycles. The smallest absolute Gasteiger partial charge is 0.139 e. The van der Waals surface area contributed by atoms with Gasteiger partial charge in [-0.15, -0.1) is 0 Å². The highest BCUT2D eigenvalue weighted by Gasteiger charge is 2.13. The van der Waals surface area contributed by atoms with Crippen LogP contribution in [0.25, 0.3) is 11.4 Å². The number of aryl methyl sites for hydroxylation is 2. The van der Waals surface area contributed by atoms with Crippen LogP contribution in [-0.4, -0.2) is 9.97 Å². The van der Waals surface area contributed by atoms with Crippen molar-refractivity contribution in [1.82, 2.24) is 9.97 Å². The summed E-state index contributed by atoms with van der Waals surface area (Å²) in [7, 11) is 0. The zero-order valence-electron chi connectivity index (χ0n) is 11.5. The number of rotatable bonds is 1. The van der Waals surface area contributed by atoms with Crippen molar-refractivity contribution < 1.29 is 0 Å². The molecule has 3 rings (SSSR count). The minimum Gasteiger partial charge on any atom is -0.343 e. The fourth-order valence-corrected chi connectivity index (χ4v) is 3.37. The third-order valence-corrected chi connectivity index (χ3v) is 5.10. The molecule has 0 radical (unpaired) electrons. The van der Waals surface area contributed by atoms with E-state index in [1.807, 2.05) is 0 Å². The number of aromatic amines is 1. The van der Waals surface area contributed by atoms with Gasteiger partial charge in [0.1, 0.15) is 10.5 Å². The average molecular weight is 349 g/mol. The molecule has 1 aliphatic rings. The van der Waals surface area contributed by atoms with E-state index in [4.69, 9.17) is 12.2 Å². The molecule has 0 spiro atoms. The van der Waals surface area contributed by atoms with Crippen LogP contribution in [0.3, 0.4) is 0 Å². The number of nitrogens with one attached hydrogen (secondary N) is 1. The number of hydrogen-bond acceptors (Lipinski definition) is 2. The van der Waals surface area contributed by atoms with Crippen LogP contribution in [0.2, 0.25) is 0 Å². The van der Waals surface area contributed by atoms with Gasteiger partial charge in [0.05, 0.1) is 0 Å². The van der Waals surface area contributed by atoms with Gasteiger partial charge in [-0.25, -0.2) is 4.98 Å². The molecule has 0 aliphatic heterocycles. The van der Waals surface area contributed by atoms with Crippen molar-refractivity contribution >= 4 is 28.1 Å². The highest BCUT2D eigenvalue weighted by molar-refractivity contribution is 9.10. The van der Waals surface area contributed by atoms with Gasteiger partial charge >= 0.3 is 0 Å². The Morgan fingerprint density at radius 1 is 1.20 bits per heavy atom. The van der Waals surface area contributed by atoms with Gasteiger partial charge < -0.3 is 4.98 Å². The van der Waals surface area contributed by atoms with Gasteiger partial charge in [0, 0.05) is 21.3 Å². The number of aromatic nitrogens is 2. The first-order valence-corrected chi connectivity index (χ1v) is 8.24. The topological polar surface area (TPSA) is 28.7 Å². The average Bonchev–Trinajstić information content (AvgIpc) is 2.67. The second-order valence-electron chi connectivity index (χ2n) is 5.37. The third-order valence-electron chi connectivity index (χ3n) is 3.90. The summed E-state index contributed by atoms with van der Waals surface area (Å²) in [5.41, 5.74) is 4.85. The molecule has 0 saturated heterocycles. The quantitative estimate of drug-likeness (QED) is 0.570. The molecule has 0 fully saturated rings. The summed E-state index contributed by atoms with van der Waals surface area (Å²) in [4.78, 5) is 8.12. The molecule has 0 bridgehead atoms. The second-order valence-corrected chi connectivity index (χ2v) is 6.61. The van der Waals surface area contributed by atoms with E-state index >= 15 is 0 Å². The summed E-state index contributed by atoms with van der Waals surface area (Å²) in [6, 6.07) is 6.30. The number of halogens is 1. The van der Waals surface area contributed by atoms with Crippen molar-refractivity contribution in [3.63, 3.8) is 0 Å². The van der Waals surface area contributed by atoms with Crippen LogP contribution in [-0.2, 0) is 12.8 Å². The molecular weight excluding hydrogens is 332 g/mol. The Bertz CT molecular complexity index is 706. The molecule has 1 heterocycles. The molecule has 104 valence electrons. The highest BCUT2D eigenvalue weighted by Crippen LogP contribution is 2.26. The molecule has 0 amide bonds. The van der Waals surface area contributed by atoms with Crippen LogP contribution in [0.15, 0.2) is 22.7 Å². The number of benzene rings is 1. The zero-order valence-corrected chi connectivity index (χ0v) is 13.9. The molecular formula is C16H17BrN2S. The number of H-pyrrole nitrogens is 1. The van der Waals surface area contributed by atoms with Crippen LogP contribution in [0.4, 0.5) is 0 Å². The van der Waals surface area contributed by atoms with Gasteiger partial charge in [-0.05, 0) is 44.2 Å². The van der Waals surface area contributed by atoms with Crippen molar-refractivity contribution in [1.29, 1.82) is 0 Å². The summed E-state index contributed by atoms with van der Waals surface area (Å²) in [6.07, 6.45) is 5.89. The molecule has 1 aromatic heterocycles. The number of nitrogens with zero attached hydrogens (tertiary/aromatic N) is 1. The minimum absolute atomic E-state index is 0.771. The van der Waals surface area contributed by atoms with Gasteiger partial charge in [-0.3, -0.25) is 0 Å². The standard InChI is InChI=1S/C16H17BrN2S/c1-10-7-8-11(9-13(10)17)15-18-14-6-4-2-3-5-12(14)16(20)19-15/h7-9H,2-6H2,1H3,(H,18,19,20). The fraction of sp³-hybridized carbons (Fsp3) is 0.375. The third kappa shape index (κ3) is 2.72. The largest absolute Gasteiger partial charge is 0.343 e. The van der Waals surface area contributed by atoms with Crippen molar-refractivity contribution in [2.45, 2.75) is 39.0 Å². The summed E-state index contributed by atoms with van der Waals surface area (Å²) in [5, 5.41) is 0. The molecule has 2 nitrogen and oxygen atoms in total. The Labute approximate surface area is 132 Å². The predicted molar refractivity (Wildman–Crippen MR) is 88.6 cm³/mol. The minimum atomic E-state index is 0.771. The van der Waals surface area contributed by atoms with Gasteiger partial charge in [-0.2, -0.15) is 0 Å². The summed E-state index contributed by atoms with van der Waals surface area (Å²) < 4.78 is 1.87. The van der Waals surface area contributed by atoms with Gasteiger partial charge in [0.2, 0.25) is 0 Å². The lowest BCUT2D eigenvalue weighted by molar-refractivity contribution is 0.708. The first kappa shape index (κ1) is 14.0. The Kier molecular flexibility index (Phi) is 4.03. The summed E-state index contributed by atoms with van der Waals surface area (Å²) >= 11 is 9.08. The molecule has 20 heavy (non-hydrogen) atoms. The van der Waals surface area contributed by atoms with Gasteiger partial charge in [0.15, 0.2) is 0 Å². The molecule has 0 unspecified atom stereocenters. The van der Waals surface area contributed by atoms with E-state index in [-0.39, 0.29) is 0 Å². The van der Waals surface area contributed by atoms with Crippen LogP contribution in [0, 0.1) is 11.6 Å². The summed E-state index contributed by atoms with van der Waals surface area (Å²) in [5.74, 6) is 0.886. The Hall–Kier alpha value is -1.00. The van der Waals surface area contributed by atoms with E-state index in [0.717, 1.165) is 33.3 Å². The molecule has 1 aromatic carbocycles. The van der Waals surface area contributed by atoms with E-state index in [2.05, 4.69) is 51.0 Å². The second kappa shape index (κ2) is 5.78. The lowest BCUT2D eigenvalue weighted by atomic mass is 10.1.